The Kier molecular flexibility index (Phi) is 5.28. The zero-order chi connectivity index (χ0) is 12.7. The molecule has 0 radical (unpaired) electrons. The van der Waals surface area contributed by atoms with Gasteiger partial charge in [0.1, 0.15) is 12.4 Å². The first-order chi connectivity index (χ1) is 8.13. The summed E-state index contributed by atoms with van der Waals surface area (Å²) in [6.45, 7) is 2.85. The Morgan fingerprint density at radius 3 is 2.71 bits per heavy atom. The zero-order valence-corrected chi connectivity index (χ0v) is 9.67. The minimum absolute atomic E-state index is 0.121. The molecule has 1 heterocycles. The molecule has 2 N–H and O–H groups in total. The summed E-state index contributed by atoms with van der Waals surface area (Å²) in [5.41, 5.74) is -0.121. The van der Waals surface area contributed by atoms with E-state index in [1.807, 2.05) is 6.92 Å². The lowest BCUT2D eigenvalue weighted by Gasteiger charge is -2.07. The van der Waals surface area contributed by atoms with E-state index in [0.717, 1.165) is 12.8 Å². The van der Waals surface area contributed by atoms with Crippen LogP contribution in [-0.2, 0) is 0 Å². The minimum atomic E-state index is -0.535. The zero-order valence-electron chi connectivity index (χ0n) is 9.67. The Hall–Kier alpha value is -1.76. The molecule has 0 spiro atoms. The Morgan fingerprint density at radius 2 is 2.18 bits per heavy atom. The lowest BCUT2D eigenvalue weighted by molar-refractivity contribution is -0.385. The van der Waals surface area contributed by atoms with Gasteiger partial charge in [-0.25, -0.2) is 9.97 Å². The van der Waals surface area contributed by atoms with Gasteiger partial charge in [-0.2, -0.15) is 0 Å². The van der Waals surface area contributed by atoms with Gasteiger partial charge in [0.05, 0.1) is 4.92 Å². The van der Waals surface area contributed by atoms with Crippen molar-refractivity contribution in [1.82, 2.24) is 9.97 Å². The normalized spacial score (nSPS) is 12.1. The van der Waals surface area contributed by atoms with Gasteiger partial charge in [-0.1, -0.05) is 6.92 Å². The molecule has 0 saturated carbocycles. The van der Waals surface area contributed by atoms with E-state index in [-0.39, 0.29) is 18.2 Å². The highest BCUT2D eigenvalue weighted by molar-refractivity contribution is 5.30. The molecule has 0 aliphatic heterocycles. The predicted octanol–water partition coefficient (Wildman–Crippen LogP) is 1.21. The van der Waals surface area contributed by atoms with Crippen LogP contribution >= 0.6 is 0 Å². The largest absolute Gasteiger partial charge is 0.396 e. The molecule has 1 aromatic heterocycles. The van der Waals surface area contributed by atoms with Crippen LogP contribution < -0.4 is 5.32 Å². The molecule has 0 saturated heterocycles. The molecule has 7 heteroatoms. The lowest BCUT2D eigenvalue weighted by atomic mass is 10.1. The molecule has 1 atom stereocenters. The summed E-state index contributed by atoms with van der Waals surface area (Å²) < 4.78 is 0. The van der Waals surface area contributed by atoms with E-state index in [1.54, 1.807) is 0 Å². The molecule has 1 unspecified atom stereocenters. The number of aliphatic hydroxyl groups is 1. The van der Waals surface area contributed by atoms with E-state index < -0.39 is 4.92 Å². The summed E-state index contributed by atoms with van der Waals surface area (Å²) >= 11 is 0. The number of hydrogen-bond donors (Lipinski definition) is 2. The van der Waals surface area contributed by atoms with Crippen LogP contribution in [0, 0.1) is 16.0 Å². The van der Waals surface area contributed by atoms with Gasteiger partial charge < -0.3 is 10.4 Å². The molecule has 0 bridgehead atoms. The van der Waals surface area contributed by atoms with E-state index in [4.69, 9.17) is 5.11 Å². The van der Waals surface area contributed by atoms with E-state index in [0.29, 0.717) is 12.5 Å². The fraction of sp³-hybridized carbons (Fsp3) is 0.600. The fourth-order valence-corrected chi connectivity index (χ4v) is 1.25. The molecular weight excluding hydrogens is 224 g/mol. The van der Waals surface area contributed by atoms with Crippen LogP contribution in [0.1, 0.15) is 19.8 Å². The molecule has 1 aromatic rings. The van der Waals surface area contributed by atoms with Gasteiger partial charge in [0.2, 0.25) is 5.95 Å². The van der Waals surface area contributed by atoms with Gasteiger partial charge >= 0.3 is 5.69 Å². The van der Waals surface area contributed by atoms with Crippen LogP contribution in [0.2, 0.25) is 0 Å². The Labute approximate surface area is 99.1 Å². The van der Waals surface area contributed by atoms with Crippen molar-refractivity contribution in [3.8, 4) is 0 Å². The summed E-state index contributed by atoms with van der Waals surface area (Å²) in [5, 5.41) is 22.2. The Morgan fingerprint density at radius 1 is 1.53 bits per heavy atom. The second kappa shape index (κ2) is 6.74. The topological polar surface area (TPSA) is 101 Å². The monoisotopic (exact) mass is 240 g/mol. The summed E-state index contributed by atoms with van der Waals surface area (Å²) in [6.07, 6.45) is 4.15. The highest BCUT2D eigenvalue weighted by atomic mass is 16.6. The van der Waals surface area contributed by atoms with Crippen molar-refractivity contribution in [2.24, 2.45) is 5.92 Å². The minimum Gasteiger partial charge on any atom is -0.396 e. The van der Waals surface area contributed by atoms with E-state index in [2.05, 4.69) is 15.3 Å². The highest BCUT2D eigenvalue weighted by Crippen LogP contribution is 2.09. The number of nitrogens with zero attached hydrogens (tertiary/aromatic N) is 3. The fourth-order valence-electron chi connectivity index (χ4n) is 1.25. The lowest BCUT2D eigenvalue weighted by Crippen LogP contribution is -2.08. The van der Waals surface area contributed by atoms with Gasteiger partial charge in [-0.3, -0.25) is 10.1 Å². The van der Waals surface area contributed by atoms with E-state index in [1.165, 1.54) is 12.4 Å². The van der Waals surface area contributed by atoms with Crippen molar-refractivity contribution < 1.29 is 10.0 Å². The first-order valence-corrected chi connectivity index (χ1v) is 5.44. The van der Waals surface area contributed by atoms with Crippen molar-refractivity contribution in [1.29, 1.82) is 0 Å². The van der Waals surface area contributed by atoms with Crippen molar-refractivity contribution in [3.05, 3.63) is 22.5 Å². The average Bonchev–Trinajstić information content (AvgIpc) is 2.34. The Bertz CT molecular complexity index is 355. The highest BCUT2D eigenvalue weighted by Gasteiger charge is 2.06. The first kappa shape index (κ1) is 13.3. The van der Waals surface area contributed by atoms with Crippen molar-refractivity contribution >= 4 is 11.6 Å². The summed E-state index contributed by atoms with van der Waals surface area (Å²) in [7, 11) is 0. The third-order valence-corrected chi connectivity index (χ3v) is 2.32. The van der Waals surface area contributed by atoms with Crippen LogP contribution in [0.3, 0.4) is 0 Å². The predicted molar refractivity (Wildman–Crippen MR) is 62.7 cm³/mol. The molecule has 0 amide bonds. The quantitative estimate of drug-likeness (QED) is 0.422. The average molecular weight is 240 g/mol. The van der Waals surface area contributed by atoms with Crippen LogP contribution in [-0.4, -0.2) is 33.1 Å². The summed E-state index contributed by atoms with van der Waals surface area (Å²) in [4.78, 5) is 17.5. The number of hydrogen-bond acceptors (Lipinski definition) is 6. The standard InChI is InChI=1S/C10H16N4O3/c1-8(7-15)3-2-4-11-10-12-5-9(6-13-10)14(16)17/h5-6,8,15H,2-4,7H2,1H3,(H,11,12,13). The number of anilines is 1. The van der Waals surface area contributed by atoms with Crippen molar-refractivity contribution in [3.63, 3.8) is 0 Å². The van der Waals surface area contributed by atoms with Gasteiger partial charge in [-0.05, 0) is 18.8 Å². The van der Waals surface area contributed by atoms with Crippen molar-refractivity contribution in [2.75, 3.05) is 18.5 Å². The van der Waals surface area contributed by atoms with Gasteiger partial charge in [0.25, 0.3) is 0 Å². The molecule has 7 nitrogen and oxygen atoms in total. The van der Waals surface area contributed by atoms with Crippen molar-refractivity contribution in [2.45, 2.75) is 19.8 Å². The molecule has 17 heavy (non-hydrogen) atoms. The molecule has 0 aromatic carbocycles. The number of nitrogens with one attached hydrogen (secondary N) is 1. The summed E-state index contributed by atoms with van der Waals surface area (Å²) in [6, 6.07) is 0. The molecule has 0 aliphatic carbocycles. The maximum atomic E-state index is 10.4. The third kappa shape index (κ3) is 4.73. The van der Waals surface area contributed by atoms with Gasteiger partial charge in [0.15, 0.2) is 0 Å². The maximum absolute atomic E-state index is 10.4. The van der Waals surface area contributed by atoms with Crippen LogP contribution in [0.4, 0.5) is 11.6 Å². The smallest absolute Gasteiger partial charge is 0.305 e. The van der Waals surface area contributed by atoms with E-state index in [9.17, 15) is 10.1 Å². The molecular formula is C10H16N4O3. The second-order valence-corrected chi connectivity index (χ2v) is 3.88. The number of nitro groups is 1. The SMILES string of the molecule is CC(CO)CCCNc1ncc([N+](=O)[O-])cn1. The Balaban J connectivity index is 2.30. The second-order valence-electron chi connectivity index (χ2n) is 3.88. The molecule has 0 fully saturated rings. The third-order valence-electron chi connectivity index (χ3n) is 2.32. The first-order valence-electron chi connectivity index (χ1n) is 5.44. The molecule has 1 rings (SSSR count). The molecule has 0 aliphatic rings. The summed E-state index contributed by atoms with van der Waals surface area (Å²) in [5.74, 6) is 0.668. The maximum Gasteiger partial charge on any atom is 0.305 e. The van der Waals surface area contributed by atoms with Crippen LogP contribution in [0.5, 0.6) is 0 Å². The van der Waals surface area contributed by atoms with Gasteiger partial charge in [0, 0.05) is 13.2 Å². The van der Waals surface area contributed by atoms with Crippen LogP contribution in [0.15, 0.2) is 12.4 Å². The number of rotatable bonds is 7. The number of aromatic nitrogens is 2. The number of aliphatic hydroxyl groups excluding tert-OH is 1. The van der Waals surface area contributed by atoms with E-state index >= 15 is 0 Å². The van der Waals surface area contributed by atoms with Gasteiger partial charge in [-0.15, -0.1) is 0 Å². The van der Waals surface area contributed by atoms with Crippen LogP contribution in [0.25, 0.3) is 0 Å². The molecule has 94 valence electrons.